The molecule has 3 heterocycles. The van der Waals surface area contributed by atoms with E-state index in [1.165, 1.54) is 22.8 Å². The molecule has 0 saturated heterocycles. The van der Waals surface area contributed by atoms with Crippen LogP contribution in [0, 0.1) is 12.7 Å². The van der Waals surface area contributed by atoms with Crippen molar-refractivity contribution < 1.29 is 9.18 Å². The van der Waals surface area contributed by atoms with Crippen LogP contribution < -0.4 is 5.73 Å². The van der Waals surface area contributed by atoms with Crippen molar-refractivity contribution >= 4 is 23.2 Å². The molecule has 0 radical (unpaired) electrons. The number of aromatic nitrogens is 5. The molecular formula is C17H12ClFN6O. The standard InChI is InChI=1S/C17H12ClFN6O/c1-9-8-24(17(22-9)10-2-3-12(19)11(18)6-10)15-5-4-14-21-7-13(16(20)26)25(14)23-15/h2-8H,1H3,(H2,20,26). The van der Waals surface area contributed by atoms with Crippen molar-refractivity contribution in [2.75, 3.05) is 0 Å². The van der Waals surface area contributed by atoms with E-state index in [0.717, 1.165) is 5.69 Å². The SMILES string of the molecule is Cc1cn(-c2ccc3ncc(C(N)=O)n3n2)c(-c2ccc(F)c(Cl)c2)n1. The van der Waals surface area contributed by atoms with Gasteiger partial charge in [-0.05, 0) is 37.3 Å². The summed E-state index contributed by atoms with van der Waals surface area (Å²) in [6.07, 6.45) is 3.15. The third kappa shape index (κ3) is 2.60. The van der Waals surface area contributed by atoms with E-state index in [-0.39, 0.29) is 10.7 Å². The van der Waals surface area contributed by atoms with E-state index < -0.39 is 11.7 Å². The Morgan fingerprint density at radius 1 is 1.27 bits per heavy atom. The van der Waals surface area contributed by atoms with Crippen molar-refractivity contribution in [1.29, 1.82) is 0 Å². The first-order valence-corrected chi connectivity index (χ1v) is 7.98. The number of amides is 1. The van der Waals surface area contributed by atoms with Crippen molar-refractivity contribution in [1.82, 2.24) is 24.1 Å². The Balaban J connectivity index is 1.91. The summed E-state index contributed by atoms with van der Waals surface area (Å²) in [6, 6.07) is 7.82. The van der Waals surface area contributed by atoms with Gasteiger partial charge in [-0.15, -0.1) is 5.10 Å². The van der Waals surface area contributed by atoms with Gasteiger partial charge < -0.3 is 5.73 Å². The van der Waals surface area contributed by atoms with Crippen molar-refractivity contribution in [3.63, 3.8) is 0 Å². The number of imidazole rings is 2. The Hall–Kier alpha value is -3.26. The van der Waals surface area contributed by atoms with Crippen molar-refractivity contribution in [2.45, 2.75) is 6.92 Å². The van der Waals surface area contributed by atoms with E-state index in [2.05, 4.69) is 15.1 Å². The van der Waals surface area contributed by atoms with Gasteiger partial charge in [-0.25, -0.2) is 18.9 Å². The average molecular weight is 371 g/mol. The quantitative estimate of drug-likeness (QED) is 0.600. The molecule has 3 aromatic heterocycles. The summed E-state index contributed by atoms with van der Waals surface area (Å²) in [5.74, 6) is -0.102. The molecule has 1 aromatic carbocycles. The third-order valence-electron chi connectivity index (χ3n) is 3.85. The summed E-state index contributed by atoms with van der Waals surface area (Å²) in [5, 5.41) is 4.44. The van der Waals surface area contributed by atoms with E-state index >= 15 is 0 Å². The number of benzene rings is 1. The second kappa shape index (κ2) is 5.92. The van der Waals surface area contributed by atoms with Crippen molar-refractivity contribution in [2.24, 2.45) is 5.73 Å². The molecule has 0 bridgehead atoms. The predicted molar refractivity (Wildman–Crippen MR) is 93.8 cm³/mol. The summed E-state index contributed by atoms with van der Waals surface area (Å²) < 4.78 is 16.6. The summed E-state index contributed by atoms with van der Waals surface area (Å²) in [5.41, 5.74) is 7.39. The van der Waals surface area contributed by atoms with Crippen LogP contribution in [-0.4, -0.2) is 30.1 Å². The third-order valence-corrected chi connectivity index (χ3v) is 4.14. The molecule has 0 aliphatic rings. The highest BCUT2D eigenvalue weighted by atomic mass is 35.5. The van der Waals surface area contributed by atoms with Crippen LogP contribution in [0.15, 0.2) is 42.7 Å². The average Bonchev–Trinajstić information content (AvgIpc) is 3.20. The molecule has 4 rings (SSSR count). The number of nitrogens with two attached hydrogens (primary N) is 1. The number of hydrogen-bond acceptors (Lipinski definition) is 4. The van der Waals surface area contributed by atoms with Gasteiger partial charge in [0, 0.05) is 11.8 Å². The van der Waals surface area contributed by atoms with E-state index in [1.54, 1.807) is 29.0 Å². The zero-order valence-electron chi connectivity index (χ0n) is 13.5. The number of halogens is 2. The van der Waals surface area contributed by atoms with Crippen molar-refractivity contribution in [3.8, 4) is 17.2 Å². The first kappa shape index (κ1) is 16.2. The Labute approximate surface area is 151 Å². The van der Waals surface area contributed by atoms with Crippen LogP contribution in [0.4, 0.5) is 4.39 Å². The number of primary amides is 1. The zero-order valence-corrected chi connectivity index (χ0v) is 14.3. The smallest absolute Gasteiger partial charge is 0.269 e. The molecule has 2 N–H and O–H groups in total. The number of rotatable bonds is 3. The molecule has 4 aromatic rings. The second-order valence-corrected chi connectivity index (χ2v) is 6.08. The van der Waals surface area contributed by atoms with E-state index in [1.807, 2.05) is 6.92 Å². The number of hydrogen-bond donors (Lipinski definition) is 1. The van der Waals surface area contributed by atoms with Gasteiger partial charge in [0.05, 0.1) is 16.9 Å². The number of nitrogens with zero attached hydrogens (tertiary/aromatic N) is 5. The minimum atomic E-state index is -0.630. The number of carbonyl (C=O) groups excluding carboxylic acids is 1. The maximum atomic E-state index is 13.5. The van der Waals surface area contributed by atoms with Crippen molar-refractivity contribution in [3.05, 3.63) is 65.0 Å². The highest BCUT2D eigenvalue weighted by molar-refractivity contribution is 6.31. The van der Waals surface area contributed by atoms with Gasteiger partial charge >= 0.3 is 0 Å². The fourth-order valence-electron chi connectivity index (χ4n) is 2.67. The van der Waals surface area contributed by atoms with Crippen LogP contribution in [0.5, 0.6) is 0 Å². The van der Waals surface area contributed by atoms with Gasteiger partial charge in [-0.2, -0.15) is 0 Å². The Morgan fingerprint density at radius 2 is 2.08 bits per heavy atom. The molecule has 0 fully saturated rings. The van der Waals surface area contributed by atoms with Crippen LogP contribution in [0.25, 0.3) is 22.9 Å². The fourth-order valence-corrected chi connectivity index (χ4v) is 2.85. The van der Waals surface area contributed by atoms with Gasteiger partial charge in [-0.1, -0.05) is 11.6 Å². The molecule has 0 atom stereocenters. The molecule has 130 valence electrons. The molecule has 0 aliphatic heterocycles. The van der Waals surface area contributed by atoms with Gasteiger partial charge in [0.25, 0.3) is 5.91 Å². The van der Waals surface area contributed by atoms with Crippen LogP contribution in [0.3, 0.4) is 0 Å². The lowest BCUT2D eigenvalue weighted by molar-refractivity contribution is 0.0993. The number of carbonyl (C=O) groups is 1. The molecule has 26 heavy (non-hydrogen) atoms. The fraction of sp³-hybridized carbons (Fsp3) is 0.0588. The monoisotopic (exact) mass is 370 g/mol. The molecule has 0 spiro atoms. The molecule has 0 aliphatic carbocycles. The van der Waals surface area contributed by atoms with Gasteiger partial charge in [-0.3, -0.25) is 9.36 Å². The zero-order chi connectivity index (χ0) is 18.4. The lowest BCUT2D eigenvalue weighted by Crippen LogP contribution is -2.15. The highest BCUT2D eigenvalue weighted by Gasteiger charge is 2.15. The predicted octanol–water partition coefficient (Wildman–Crippen LogP) is 2.78. The molecular weight excluding hydrogens is 359 g/mol. The minimum Gasteiger partial charge on any atom is -0.364 e. The van der Waals surface area contributed by atoms with Crippen LogP contribution in [0.2, 0.25) is 5.02 Å². The van der Waals surface area contributed by atoms with Gasteiger partial charge in [0.1, 0.15) is 17.3 Å². The van der Waals surface area contributed by atoms with Crippen LogP contribution in [-0.2, 0) is 0 Å². The van der Waals surface area contributed by atoms with Crippen LogP contribution >= 0.6 is 11.6 Å². The lowest BCUT2D eigenvalue weighted by Gasteiger charge is -2.08. The second-order valence-electron chi connectivity index (χ2n) is 5.67. The number of aryl methyl sites for hydroxylation is 1. The molecule has 0 saturated carbocycles. The minimum absolute atomic E-state index is 0.00346. The van der Waals surface area contributed by atoms with Crippen LogP contribution in [0.1, 0.15) is 16.2 Å². The first-order chi connectivity index (χ1) is 12.4. The molecule has 0 unspecified atom stereocenters. The Morgan fingerprint density at radius 3 is 2.81 bits per heavy atom. The largest absolute Gasteiger partial charge is 0.364 e. The van der Waals surface area contributed by atoms with Gasteiger partial charge in [0.15, 0.2) is 11.5 Å². The Bertz CT molecular complexity index is 1170. The number of fused-ring (bicyclic) bond motifs is 1. The maximum Gasteiger partial charge on any atom is 0.269 e. The summed E-state index contributed by atoms with van der Waals surface area (Å²) in [7, 11) is 0. The lowest BCUT2D eigenvalue weighted by atomic mass is 10.2. The molecule has 7 nitrogen and oxygen atoms in total. The van der Waals surface area contributed by atoms with E-state index in [4.69, 9.17) is 17.3 Å². The maximum absolute atomic E-state index is 13.5. The molecule has 9 heteroatoms. The highest BCUT2D eigenvalue weighted by Crippen LogP contribution is 2.26. The van der Waals surface area contributed by atoms with E-state index in [0.29, 0.717) is 22.9 Å². The summed E-state index contributed by atoms with van der Waals surface area (Å²) in [6.45, 7) is 1.83. The normalized spacial score (nSPS) is 11.2. The van der Waals surface area contributed by atoms with E-state index in [9.17, 15) is 9.18 Å². The van der Waals surface area contributed by atoms with Gasteiger partial charge in [0.2, 0.25) is 0 Å². The first-order valence-electron chi connectivity index (χ1n) is 7.60. The topological polar surface area (TPSA) is 91.1 Å². The summed E-state index contributed by atoms with van der Waals surface area (Å²) in [4.78, 5) is 20.1. The molecule has 1 amide bonds. The Kier molecular flexibility index (Phi) is 3.69. The summed E-state index contributed by atoms with van der Waals surface area (Å²) >= 11 is 5.90.